The van der Waals surface area contributed by atoms with Crippen LogP contribution in [0.2, 0.25) is 0 Å². The Balaban J connectivity index is 3.03. The third kappa shape index (κ3) is 4.08. The van der Waals surface area contributed by atoms with E-state index in [0.29, 0.717) is 0 Å². The zero-order chi connectivity index (χ0) is 12.5. The SMILES string of the molecule is C=C/C(CCCC)=C(/NNC)c1ccccc1. The molecule has 0 spiro atoms. The van der Waals surface area contributed by atoms with Crippen LogP contribution in [-0.2, 0) is 0 Å². The smallest absolute Gasteiger partial charge is 0.0591 e. The lowest BCUT2D eigenvalue weighted by molar-refractivity contribution is 0.733. The summed E-state index contributed by atoms with van der Waals surface area (Å²) in [4.78, 5) is 0. The Hall–Kier alpha value is -1.54. The van der Waals surface area contributed by atoms with Crippen LogP contribution in [0.4, 0.5) is 0 Å². The molecule has 0 aliphatic rings. The zero-order valence-electron chi connectivity index (χ0n) is 10.8. The summed E-state index contributed by atoms with van der Waals surface area (Å²) >= 11 is 0. The molecule has 0 aliphatic heterocycles. The van der Waals surface area contributed by atoms with Crippen LogP contribution in [0.1, 0.15) is 31.7 Å². The molecule has 17 heavy (non-hydrogen) atoms. The molecule has 0 fully saturated rings. The number of hydrazine groups is 1. The Labute approximate surface area is 104 Å². The Bertz CT molecular complexity index is 366. The molecule has 2 heteroatoms. The molecule has 1 aromatic rings. The first-order valence-electron chi connectivity index (χ1n) is 6.17. The highest BCUT2D eigenvalue weighted by Gasteiger charge is 2.05. The fourth-order valence-electron chi connectivity index (χ4n) is 1.76. The molecule has 0 aromatic heterocycles. The second kappa shape index (κ2) is 7.69. The van der Waals surface area contributed by atoms with Crippen molar-refractivity contribution in [3.05, 3.63) is 54.1 Å². The summed E-state index contributed by atoms with van der Waals surface area (Å²) in [5, 5.41) is 0. The minimum absolute atomic E-state index is 1.05. The van der Waals surface area contributed by atoms with Crippen LogP contribution in [0.25, 0.3) is 5.70 Å². The maximum atomic E-state index is 3.92. The van der Waals surface area contributed by atoms with Crippen molar-refractivity contribution in [1.29, 1.82) is 0 Å². The van der Waals surface area contributed by atoms with Crippen LogP contribution in [0, 0.1) is 0 Å². The van der Waals surface area contributed by atoms with Gasteiger partial charge in [0.1, 0.15) is 0 Å². The molecule has 92 valence electrons. The van der Waals surface area contributed by atoms with Crippen LogP contribution < -0.4 is 10.9 Å². The van der Waals surface area contributed by atoms with E-state index < -0.39 is 0 Å². The molecule has 1 rings (SSSR count). The first kappa shape index (κ1) is 13.5. The summed E-state index contributed by atoms with van der Waals surface area (Å²) in [7, 11) is 1.88. The summed E-state index contributed by atoms with van der Waals surface area (Å²) < 4.78 is 0. The van der Waals surface area contributed by atoms with Crippen molar-refractivity contribution in [2.75, 3.05) is 7.05 Å². The van der Waals surface area contributed by atoms with Crippen LogP contribution in [-0.4, -0.2) is 7.05 Å². The van der Waals surface area contributed by atoms with Gasteiger partial charge in [-0.25, -0.2) is 5.43 Å². The number of rotatable bonds is 7. The monoisotopic (exact) mass is 230 g/mol. The van der Waals surface area contributed by atoms with E-state index in [9.17, 15) is 0 Å². The predicted molar refractivity (Wildman–Crippen MR) is 75.3 cm³/mol. The van der Waals surface area contributed by atoms with Crippen molar-refractivity contribution in [3.63, 3.8) is 0 Å². The molecular formula is C15H22N2. The molecule has 0 saturated carbocycles. The highest BCUT2D eigenvalue weighted by atomic mass is 15.3. The van der Waals surface area contributed by atoms with Crippen molar-refractivity contribution >= 4 is 5.70 Å². The molecule has 1 aromatic carbocycles. The number of allylic oxidation sites excluding steroid dienone is 2. The van der Waals surface area contributed by atoms with Gasteiger partial charge in [0.25, 0.3) is 0 Å². The van der Waals surface area contributed by atoms with Gasteiger partial charge in [-0.15, -0.1) is 0 Å². The summed E-state index contributed by atoms with van der Waals surface area (Å²) in [5.74, 6) is 0. The van der Waals surface area contributed by atoms with Crippen molar-refractivity contribution in [1.82, 2.24) is 10.9 Å². The summed E-state index contributed by atoms with van der Waals surface area (Å²) in [5.41, 5.74) is 9.79. The topological polar surface area (TPSA) is 24.1 Å². The van der Waals surface area contributed by atoms with E-state index in [4.69, 9.17) is 0 Å². The molecule has 0 amide bonds. The van der Waals surface area contributed by atoms with E-state index >= 15 is 0 Å². The third-order valence-electron chi connectivity index (χ3n) is 2.68. The lowest BCUT2D eigenvalue weighted by atomic mass is 10.0. The molecule has 2 N–H and O–H groups in total. The molecule has 0 aliphatic carbocycles. The van der Waals surface area contributed by atoms with E-state index in [0.717, 1.165) is 12.1 Å². The minimum atomic E-state index is 1.05. The van der Waals surface area contributed by atoms with Crippen LogP contribution >= 0.6 is 0 Å². The number of unbranched alkanes of at least 4 members (excludes halogenated alkanes) is 1. The van der Waals surface area contributed by atoms with Gasteiger partial charge in [-0.2, -0.15) is 0 Å². The first-order chi connectivity index (χ1) is 8.33. The molecule has 0 bridgehead atoms. The number of benzene rings is 1. The Kier molecular flexibility index (Phi) is 6.12. The van der Waals surface area contributed by atoms with E-state index in [1.807, 2.05) is 31.3 Å². The van der Waals surface area contributed by atoms with Crippen molar-refractivity contribution in [3.8, 4) is 0 Å². The van der Waals surface area contributed by atoms with E-state index in [1.54, 1.807) is 0 Å². The van der Waals surface area contributed by atoms with Gasteiger partial charge in [-0.05, 0) is 24.0 Å². The Morgan fingerprint density at radius 1 is 1.29 bits per heavy atom. The standard InChI is InChI=1S/C15H22N2/c1-4-6-10-13(5-2)15(17-16-3)14-11-8-7-9-12-14/h5,7-9,11-12,16-17H,2,4,6,10H2,1,3H3/b15-13-. The average Bonchev–Trinajstić information content (AvgIpc) is 2.39. The average molecular weight is 230 g/mol. The van der Waals surface area contributed by atoms with Gasteiger partial charge < -0.3 is 5.43 Å². The van der Waals surface area contributed by atoms with Gasteiger partial charge in [0, 0.05) is 7.05 Å². The number of hydrogen-bond donors (Lipinski definition) is 2. The van der Waals surface area contributed by atoms with Crippen molar-refractivity contribution in [2.45, 2.75) is 26.2 Å². The fourth-order valence-corrected chi connectivity index (χ4v) is 1.76. The van der Waals surface area contributed by atoms with Gasteiger partial charge in [-0.3, -0.25) is 0 Å². The van der Waals surface area contributed by atoms with Crippen LogP contribution in [0.15, 0.2) is 48.6 Å². The Morgan fingerprint density at radius 3 is 2.53 bits per heavy atom. The predicted octanol–water partition coefficient (Wildman–Crippen LogP) is 3.50. The first-order valence-corrected chi connectivity index (χ1v) is 6.17. The Morgan fingerprint density at radius 2 is 2.00 bits per heavy atom. The van der Waals surface area contributed by atoms with Crippen molar-refractivity contribution < 1.29 is 0 Å². The van der Waals surface area contributed by atoms with Gasteiger partial charge in [0.05, 0.1) is 5.70 Å². The van der Waals surface area contributed by atoms with Gasteiger partial charge in [0.2, 0.25) is 0 Å². The quantitative estimate of drug-likeness (QED) is 0.553. The normalized spacial score (nSPS) is 11.9. The largest absolute Gasteiger partial charge is 0.321 e. The lowest BCUT2D eigenvalue weighted by Gasteiger charge is -2.14. The minimum Gasteiger partial charge on any atom is -0.321 e. The molecule has 0 radical (unpaired) electrons. The summed E-state index contributed by atoms with van der Waals surface area (Å²) in [6, 6.07) is 10.3. The van der Waals surface area contributed by atoms with Crippen molar-refractivity contribution in [2.24, 2.45) is 0 Å². The third-order valence-corrected chi connectivity index (χ3v) is 2.68. The second-order valence-electron chi connectivity index (χ2n) is 3.95. The molecular weight excluding hydrogens is 208 g/mol. The molecule has 0 unspecified atom stereocenters. The highest BCUT2D eigenvalue weighted by molar-refractivity contribution is 5.68. The highest BCUT2D eigenvalue weighted by Crippen LogP contribution is 2.20. The number of nitrogens with one attached hydrogen (secondary N) is 2. The van der Waals surface area contributed by atoms with Crippen LogP contribution in [0.5, 0.6) is 0 Å². The van der Waals surface area contributed by atoms with Gasteiger partial charge in [0.15, 0.2) is 0 Å². The van der Waals surface area contributed by atoms with Gasteiger partial charge in [-0.1, -0.05) is 56.3 Å². The fraction of sp³-hybridized carbons (Fsp3) is 0.333. The van der Waals surface area contributed by atoms with Gasteiger partial charge >= 0.3 is 0 Å². The molecule has 2 nitrogen and oxygen atoms in total. The molecule has 0 atom stereocenters. The van der Waals surface area contributed by atoms with E-state index in [-0.39, 0.29) is 0 Å². The summed E-state index contributed by atoms with van der Waals surface area (Å²) in [6.07, 6.45) is 5.38. The maximum absolute atomic E-state index is 3.92. The summed E-state index contributed by atoms with van der Waals surface area (Å²) in [6.45, 7) is 6.12. The second-order valence-corrected chi connectivity index (χ2v) is 3.95. The maximum Gasteiger partial charge on any atom is 0.0591 e. The number of hydrogen-bond acceptors (Lipinski definition) is 2. The van der Waals surface area contributed by atoms with Crippen LogP contribution in [0.3, 0.4) is 0 Å². The molecule has 0 heterocycles. The van der Waals surface area contributed by atoms with E-state index in [1.165, 1.54) is 24.0 Å². The molecule has 0 saturated heterocycles. The van der Waals surface area contributed by atoms with E-state index in [2.05, 4.69) is 36.5 Å². The lowest BCUT2D eigenvalue weighted by Crippen LogP contribution is -2.26. The zero-order valence-corrected chi connectivity index (χ0v) is 10.8.